The van der Waals surface area contributed by atoms with E-state index in [1.165, 1.54) is 22.0 Å². The first-order chi connectivity index (χ1) is 15.3. The van der Waals surface area contributed by atoms with Crippen LogP contribution in [0.5, 0.6) is 0 Å². The van der Waals surface area contributed by atoms with E-state index in [4.69, 9.17) is 5.73 Å². The van der Waals surface area contributed by atoms with Gasteiger partial charge < -0.3 is 11.1 Å². The Morgan fingerprint density at radius 2 is 1.97 bits per heavy atom. The molecule has 2 aromatic rings. The van der Waals surface area contributed by atoms with Gasteiger partial charge in [0, 0.05) is 31.6 Å². The van der Waals surface area contributed by atoms with Crippen LogP contribution in [-0.2, 0) is 6.54 Å². The molecule has 1 unspecified atom stereocenters. The molecular weight excluding hydrogens is 404 g/mol. The summed E-state index contributed by atoms with van der Waals surface area (Å²) >= 11 is 0. The molecule has 1 aliphatic carbocycles. The number of aromatic nitrogens is 2. The Morgan fingerprint density at radius 1 is 1.22 bits per heavy atom. The lowest BCUT2D eigenvalue weighted by Crippen LogP contribution is -2.32. The van der Waals surface area contributed by atoms with Crippen LogP contribution >= 0.6 is 0 Å². The molecule has 0 saturated heterocycles. The lowest BCUT2D eigenvalue weighted by Gasteiger charge is -2.37. The quantitative estimate of drug-likeness (QED) is 0.652. The van der Waals surface area contributed by atoms with Crippen molar-refractivity contribution in [1.29, 1.82) is 0 Å². The first-order valence-electron chi connectivity index (χ1n) is 12.0. The average molecular weight is 443 g/mol. The monoisotopic (exact) mass is 442 g/mol. The van der Waals surface area contributed by atoms with E-state index in [-0.39, 0.29) is 24.0 Å². The molecule has 1 heterocycles. The van der Waals surface area contributed by atoms with Crippen LogP contribution in [0, 0.1) is 23.7 Å². The maximum atomic E-state index is 13.3. The number of benzene rings is 1. The first-order valence-corrected chi connectivity index (χ1v) is 12.0. The average Bonchev–Trinajstić information content (AvgIpc) is 3.03. The molecule has 32 heavy (non-hydrogen) atoms. The number of hydrogen-bond donors (Lipinski definition) is 2. The normalized spacial score (nSPS) is 21.2. The van der Waals surface area contributed by atoms with Crippen molar-refractivity contribution in [2.75, 3.05) is 13.1 Å². The zero-order valence-electron chi connectivity index (χ0n) is 19.9. The highest BCUT2D eigenvalue weighted by Crippen LogP contribution is 2.40. The zero-order chi connectivity index (χ0) is 23.4. The van der Waals surface area contributed by atoms with E-state index >= 15 is 0 Å². The second-order valence-corrected chi connectivity index (χ2v) is 9.64. The number of nitrogens with two attached hydrogens (primary N) is 1. The summed E-state index contributed by atoms with van der Waals surface area (Å²) in [5.41, 5.74) is 6.93. The maximum absolute atomic E-state index is 13.3. The van der Waals surface area contributed by atoms with Crippen LogP contribution in [0.2, 0.25) is 0 Å². The van der Waals surface area contributed by atoms with Gasteiger partial charge in [-0.15, -0.1) is 0 Å². The molecule has 0 bridgehead atoms. The van der Waals surface area contributed by atoms with E-state index in [9.17, 15) is 14.4 Å². The number of carbonyl (C=O) groups excluding carboxylic acids is 2. The van der Waals surface area contributed by atoms with Gasteiger partial charge in [0.2, 0.25) is 5.91 Å². The van der Waals surface area contributed by atoms with E-state index < -0.39 is 0 Å². The Hall–Kier alpha value is -2.41. The van der Waals surface area contributed by atoms with Gasteiger partial charge in [-0.2, -0.15) is 0 Å². The molecule has 3 N–H and O–H groups in total. The summed E-state index contributed by atoms with van der Waals surface area (Å²) in [5, 5.41) is 2.77. The van der Waals surface area contributed by atoms with Crippen LogP contribution < -0.4 is 16.7 Å². The molecule has 1 amide bonds. The third-order valence-corrected chi connectivity index (χ3v) is 7.02. The summed E-state index contributed by atoms with van der Waals surface area (Å²) < 4.78 is 2.79. The van der Waals surface area contributed by atoms with Crippen LogP contribution in [0.15, 0.2) is 23.0 Å². The molecular formula is C25H38N4O3. The molecule has 1 aromatic heterocycles. The fraction of sp³-hybridized carbons (Fsp3) is 0.640. The fourth-order valence-corrected chi connectivity index (χ4v) is 5.40. The molecule has 0 radical (unpaired) electrons. The van der Waals surface area contributed by atoms with Crippen molar-refractivity contribution in [3.05, 3.63) is 34.2 Å². The van der Waals surface area contributed by atoms with E-state index in [0.717, 1.165) is 12.8 Å². The van der Waals surface area contributed by atoms with Gasteiger partial charge in [0.1, 0.15) is 0 Å². The van der Waals surface area contributed by atoms with Crippen LogP contribution in [-0.4, -0.2) is 34.0 Å². The van der Waals surface area contributed by atoms with E-state index in [0.29, 0.717) is 59.8 Å². The van der Waals surface area contributed by atoms with Crippen LogP contribution in [0.3, 0.4) is 0 Å². The van der Waals surface area contributed by atoms with Gasteiger partial charge in [0.05, 0.1) is 11.0 Å². The Balaban J connectivity index is 1.90. The molecule has 3 rings (SSSR count). The molecule has 176 valence electrons. The zero-order valence-corrected chi connectivity index (χ0v) is 19.9. The predicted octanol–water partition coefficient (Wildman–Crippen LogP) is 3.64. The summed E-state index contributed by atoms with van der Waals surface area (Å²) in [4.78, 5) is 38.7. The topological polar surface area (TPSA) is 99.1 Å². The molecule has 7 heteroatoms. The van der Waals surface area contributed by atoms with Gasteiger partial charge in [-0.05, 0) is 68.1 Å². The highest BCUT2D eigenvalue weighted by Gasteiger charge is 2.31. The van der Waals surface area contributed by atoms with Crippen LogP contribution in [0.1, 0.15) is 75.0 Å². The number of carbonyl (C=O) groups is 2. The van der Waals surface area contributed by atoms with E-state index in [1.807, 2.05) is 6.92 Å². The van der Waals surface area contributed by atoms with Crippen LogP contribution in [0.25, 0.3) is 11.0 Å². The SMILES string of the molecule is CCNC(=O)c1ccc2c(c1)n(CCN)c(=O)n2C(=O)CCC1C[C@H](C)CC[C@H]1C(C)C. The maximum Gasteiger partial charge on any atom is 0.336 e. The number of nitrogens with zero attached hydrogens (tertiary/aromatic N) is 2. The van der Waals surface area contributed by atoms with Gasteiger partial charge in [-0.1, -0.05) is 27.2 Å². The highest BCUT2D eigenvalue weighted by atomic mass is 16.2. The molecule has 0 spiro atoms. The lowest BCUT2D eigenvalue weighted by atomic mass is 9.68. The standard InChI is InChI=1S/C25H38N4O3/c1-5-27-24(31)19-7-10-21-22(15-19)28(13-12-26)25(32)29(21)23(30)11-8-18-14-17(4)6-9-20(18)16(2)3/h7,10,15-18,20H,5-6,8-9,11-14,26H2,1-4H3,(H,27,31)/t17-,18?,20+/m1/s1. The van der Waals surface area contributed by atoms with Gasteiger partial charge in [-0.3, -0.25) is 14.2 Å². The lowest BCUT2D eigenvalue weighted by molar-refractivity contribution is 0.0851. The third kappa shape index (κ3) is 4.98. The Bertz CT molecular complexity index is 1020. The number of amides is 1. The third-order valence-electron chi connectivity index (χ3n) is 7.02. The summed E-state index contributed by atoms with van der Waals surface area (Å²) in [6.07, 6.45) is 4.78. The van der Waals surface area contributed by atoms with Crippen molar-refractivity contribution in [3.63, 3.8) is 0 Å². The highest BCUT2D eigenvalue weighted by molar-refractivity contribution is 5.99. The Kier molecular flexibility index (Phi) is 7.93. The summed E-state index contributed by atoms with van der Waals surface area (Å²) in [6.45, 7) is 9.77. The summed E-state index contributed by atoms with van der Waals surface area (Å²) in [5.74, 6) is 2.05. The van der Waals surface area contributed by atoms with Gasteiger partial charge >= 0.3 is 5.69 Å². The first kappa shape index (κ1) is 24.2. The minimum Gasteiger partial charge on any atom is -0.352 e. The van der Waals surface area contributed by atoms with Crippen LogP contribution in [0.4, 0.5) is 0 Å². The molecule has 7 nitrogen and oxygen atoms in total. The molecule has 1 fully saturated rings. The Labute approximate surface area is 190 Å². The van der Waals surface area contributed by atoms with Gasteiger partial charge in [0.25, 0.3) is 5.91 Å². The minimum atomic E-state index is -0.374. The van der Waals surface area contributed by atoms with Gasteiger partial charge in [0.15, 0.2) is 0 Å². The van der Waals surface area contributed by atoms with Crippen molar-refractivity contribution in [3.8, 4) is 0 Å². The Morgan fingerprint density at radius 3 is 2.62 bits per heavy atom. The minimum absolute atomic E-state index is 0.178. The second-order valence-electron chi connectivity index (χ2n) is 9.64. The summed E-state index contributed by atoms with van der Waals surface area (Å²) in [7, 11) is 0. The number of rotatable bonds is 8. The number of fused-ring (bicyclic) bond motifs is 1. The smallest absolute Gasteiger partial charge is 0.336 e. The molecule has 0 aliphatic heterocycles. The molecule has 3 atom stereocenters. The number of imidazole rings is 1. The molecule has 1 aromatic carbocycles. The predicted molar refractivity (Wildman–Crippen MR) is 128 cm³/mol. The summed E-state index contributed by atoms with van der Waals surface area (Å²) in [6, 6.07) is 5.05. The number of hydrogen-bond acceptors (Lipinski definition) is 4. The van der Waals surface area contributed by atoms with Crippen molar-refractivity contribution in [2.45, 2.75) is 66.3 Å². The fourth-order valence-electron chi connectivity index (χ4n) is 5.40. The molecule has 1 aliphatic rings. The van der Waals surface area contributed by atoms with Gasteiger partial charge in [-0.25, -0.2) is 9.36 Å². The van der Waals surface area contributed by atoms with Crippen molar-refractivity contribution in [1.82, 2.24) is 14.5 Å². The van der Waals surface area contributed by atoms with Crippen molar-refractivity contribution in [2.24, 2.45) is 29.4 Å². The largest absolute Gasteiger partial charge is 0.352 e. The van der Waals surface area contributed by atoms with Crippen molar-refractivity contribution >= 4 is 22.8 Å². The van der Waals surface area contributed by atoms with Crippen molar-refractivity contribution < 1.29 is 9.59 Å². The van der Waals surface area contributed by atoms with E-state index in [1.54, 1.807) is 18.2 Å². The van der Waals surface area contributed by atoms with E-state index in [2.05, 4.69) is 26.1 Å². The second kappa shape index (κ2) is 10.5. The molecule has 1 saturated carbocycles. The number of nitrogens with one attached hydrogen (secondary N) is 1.